The predicted molar refractivity (Wildman–Crippen MR) is 173 cm³/mol. The minimum absolute atomic E-state index is 0.0817. The fraction of sp³-hybridized carbons (Fsp3) is 0.375. The quantitative estimate of drug-likeness (QED) is 0.248. The van der Waals surface area contributed by atoms with E-state index < -0.39 is 17.6 Å². The monoisotopic (exact) mass is 650 g/mol. The van der Waals surface area contributed by atoms with Crippen LogP contribution in [0, 0.1) is 6.92 Å². The molecule has 2 saturated heterocycles. The highest BCUT2D eigenvalue weighted by Crippen LogP contribution is 2.33. The van der Waals surface area contributed by atoms with Gasteiger partial charge in [0.25, 0.3) is 5.91 Å². The van der Waals surface area contributed by atoms with Crippen LogP contribution in [0.1, 0.15) is 33.3 Å². The van der Waals surface area contributed by atoms with Gasteiger partial charge in [0.15, 0.2) is 5.82 Å². The first-order valence-electron chi connectivity index (χ1n) is 15.3. The number of benzene rings is 2. The summed E-state index contributed by atoms with van der Waals surface area (Å²) in [6.07, 6.45) is -3.25. The number of aromatic nitrogens is 4. The minimum atomic E-state index is -4.54. The van der Waals surface area contributed by atoms with Crippen LogP contribution in [0.15, 0.2) is 60.9 Å². The van der Waals surface area contributed by atoms with Crippen molar-refractivity contribution in [1.29, 1.82) is 0 Å². The van der Waals surface area contributed by atoms with E-state index in [1.165, 1.54) is 12.1 Å². The number of hydrogen-bond acceptors (Lipinski definition) is 10. The Labute approximate surface area is 270 Å². The molecule has 6 rings (SSSR count). The lowest BCUT2D eigenvalue weighted by Gasteiger charge is -2.34. The number of ether oxygens (including phenoxy) is 1. The SMILES string of the molecule is Cc1ccc(NC(=O)c2cccc(C(F)(F)F)c2)cc1N(C)c1cc(N2CCOC(c3cc(NN4CCN(C)CC4)ncn3)C2)n[nH]1. The van der Waals surface area contributed by atoms with Crippen LogP contribution < -0.4 is 20.5 Å². The number of piperazine rings is 1. The van der Waals surface area contributed by atoms with Crippen LogP contribution in [-0.2, 0) is 10.9 Å². The van der Waals surface area contributed by atoms with Crippen LogP contribution in [0.5, 0.6) is 0 Å². The summed E-state index contributed by atoms with van der Waals surface area (Å²) in [5.74, 6) is 1.56. The lowest BCUT2D eigenvalue weighted by Crippen LogP contribution is -2.47. The second-order valence-electron chi connectivity index (χ2n) is 11.7. The maximum absolute atomic E-state index is 13.2. The van der Waals surface area contributed by atoms with Crippen molar-refractivity contribution in [3.63, 3.8) is 0 Å². The molecular formula is C32H37F3N10O2. The smallest absolute Gasteiger partial charge is 0.368 e. The summed E-state index contributed by atoms with van der Waals surface area (Å²) >= 11 is 0. The van der Waals surface area contributed by atoms with E-state index in [0.29, 0.717) is 31.2 Å². The highest BCUT2D eigenvalue weighted by atomic mass is 19.4. The summed E-state index contributed by atoms with van der Waals surface area (Å²) in [5, 5.41) is 12.5. The maximum Gasteiger partial charge on any atom is 0.416 e. The standard InChI is InChI=1S/C32H37F3N10O2/c1-21-7-8-24(38-31(46)22-5-4-6-23(15-22)32(33,34)35)16-26(21)43(3)29-18-30(40-39-29)44-13-14-47-27(19-44)25-17-28(37-20-36-25)41-45-11-9-42(2)10-12-45/h4-8,15-18,20,27H,9-14,19H2,1-3H3,(H,38,46)(H,39,40)(H,36,37,41). The third-order valence-corrected chi connectivity index (χ3v) is 8.38. The van der Waals surface area contributed by atoms with Gasteiger partial charge in [-0.3, -0.25) is 9.89 Å². The Morgan fingerprint density at radius 3 is 2.64 bits per heavy atom. The Morgan fingerprint density at radius 1 is 1.04 bits per heavy atom. The van der Waals surface area contributed by atoms with Crippen LogP contribution in [0.4, 0.5) is 42.0 Å². The highest BCUT2D eigenvalue weighted by molar-refractivity contribution is 6.04. The molecule has 1 unspecified atom stereocenters. The molecule has 248 valence electrons. The van der Waals surface area contributed by atoms with E-state index in [1.807, 2.05) is 37.1 Å². The molecule has 0 saturated carbocycles. The van der Waals surface area contributed by atoms with E-state index in [1.54, 1.807) is 18.5 Å². The van der Waals surface area contributed by atoms with E-state index in [-0.39, 0.29) is 11.7 Å². The summed E-state index contributed by atoms with van der Waals surface area (Å²) in [4.78, 5) is 28.0. The highest BCUT2D eigenvalue weighted by Gasteiger charge is 2.31. The van der Waals surface area contributed by atoms with Gasteiger partial charge in [-0.05, 0) is 49.9 Å². The third kappa shape index (κ3) is 7.64. The van der Waals surface area contributed by atoms with Crippen molar-refractivity contribution in [1.82, 2.24) is 30.1 Å². The number of hydrogen-bond donors (Lipinski definition) is 3. The number of amides is 1. The van der Waals surface area contributed by atoms with E-state index in [2.05, 4.69) is 52.8 Å². The largest absolute Gasteiger partial charge is 0.416 e. The number of morpholine rings is 1. The fourth-order valence-corrected chi connectivity index (χ4v) is 5.58. The summed E-state index contributed by atoms with van der Waals surface area (Å²) in [6.45, 7) is 7.40. The molecule has 4 heterocycles. The van der Waals surface area contributed by atoms with Crippen LogP contribution in [-0.4, -0.2) is 96.0 Å². The van der Waals surface area contributed by atoms with Gasteiger partial charge in [-0.2, -0.15) is 18.3 Å². The van der Waals surface area contributed by atoms with Gasteiger partial charge in [-0.15, -0.1) is 0 Å². The van der Waals surface area contributed by atoms with E-state index in [0.717, 1.165) is 66.9 Å². The number of hydrazine groups is 1. The number of aromatic amines is 1. The van der Waals surface area contributed by atoms with Crippen molar-refractivity contribution in [3.8, 4) is 0 Å². The van der Waals surface area contributed by atoms with Crippen LogP contribution in [0.3, 0.4) is 0 Å². The lowest BCUT2D eigenvalue weighted by molar-refractivity contribution is -0.137. The molecule has 2 aromatic carbocycles. The zero-order valence-corrected chi connectivity index (χ0v) is 26.4. The van der Waals surface area contributed by atoms with Gasteiger partial charge < -0.3 is 30.2 Å². The summed E-state index contributed by atoms with van der Waals surface area (Å²) in [5.41, 5.74) is 5.37. The first-order valence-corrected chi connectivity index (χ1v) is 15.3. The Bertz CT molecular complexity index is 1710. The molecule has 2 aromatic heterocycles. The lowest BCUT2D eigenvalue weighted by atomic mass is 10.1. The fourth-order valence-electron chi connectivity index (χ4n) is 5.58. The number of carbonyl (C=O) groups excluding carboxylic acids is 1. The second kappa shape index (κ2) is 13.6. The summed E-state index contributed by atoms with van der Waals surface area (Å²) < 4.78 is 45.6. The zero-order chi connectivity index (χ0) is 33.1. The molecular weight excluding hydrogens is 613 g/mol. The predicted octanol–water partition coefficient (Wildman–Crippen LogP) is 4.70. The van der Waals surface area contributed by atoms with Gasteiger partial charge in [0.1, 0.15) is 24.1 Å². The van der Waals surface area contributed by atoms with Gasteiger partial charge in [0, 0.05) is 68.8 Å². The molecule has 1 atom stereocenters. The zero-order valence-electron chi connectivity index (χ0n) is 26.4. The number of anilines is 5. The average molecular weight is 651 g/mol. The molecule has 0 spiro atoms. The number of H-pyrrole nitrogens is 1. The molecule has 0 bridgehead atoms. The summed E-state index contributed by atoms with van der Waals surface area (Å²) in [7, 11) is 3.99. The van der Waals surface area contributed by atoms with E-state index in [9.17, 15) is 18.0 Å². The molecule has 2 fully saturated rings. The number of rotatable bonds is 8. The number of halogens is 3. The van der Waals surface area contributed by atoms with Crippen LogP contribution >= 0.6 is 0 Å². The van der Waals surface area contributed by atoms with Gasteiger partial charge in [0.05, 0.1) is 24.4 Å². The third-order valence-electron chi connectivity index (χ3n) is 8.38. The first kappa shape index (κ1) is 32.2. The first-order chi connectivity index (χ1) is 22.5. The number of nitrogens with zero attached hydrogens (tertiary/aromatic N) is 7. The van der Waals surface area contributed by atoms with Crippen LogP contribution in [0.25, 0.3) is 0 Å². The van der Waals surface area contributed by atoms with Crippen molar-refractivity contribution in [2.24, 2.45) is 0 Å². The van der Waals surface area contributed by atoms with Crippen molar-refractivity contribution < 1.29 is 22.7 Å². The number of carbonyl (C=O) groups is 1. The Balaban J connectivity index is 1.12. The average Bonchev–Trinajstić information content (AvgIpc) is 3.57. The topological polar surface area (TPSA) is 118 Å². The summed E-state index contributed by atoms with van der Waals surface area (Å²) in [6, 6.07) is 13.5. The van der Waals surface area contributed by atoms with Gasteiger partial charge >= 0.3 is 6.18 Å². The Hall–Kier alpha value is -4.73. The normalized spacial score (nSPS) is 17.8. The van der Waals surface area contributed by atoms with Crippen molar-refractivity contribution in [2.75, 3.05) is 80.5 Å². The van der Waals surface area contributed by atoms with Gasteiger partial charge in [-0.25, -0.2) is 15.0 Å². The molecule has 47 heavy (non-hydrogen) atoms. The molecule has 2 aliphatic rings. The Kier molecular flexibility index (Phi) is 9.29. The van der Waals surface area contributed by atoms with Gasteiger partial charge in [0.2, 0.25) is 0 Å². The number of aryl methyl sites for hydroxylation is 1. The van der Waals surface area contributed by atoms with Gasteiger partial charge in [-0.1, -0.05) is 12.1 Å². The Morgan fingerprint density at radius 2 is 1.85 bits per heavy atom. The van der Waals surface area contributed by atoms with Crippen LogP contribution in [0.2, 0.25) is 0 Å². The molecule has 0 radical (unpaired) electrons. The number of alkyl halides is 3. The van der Waals surface area contributed by atoms with Crippen molar-refractivity contribution >= 4 is 34.7 Å². The second-order valence-corrected chi connectivity index (χ2v) is 11.7. The van der Waals surface area contributed by atoms with Crippen molar-refractivity contribution in [3.05, 3.63) is 83.3 Å². The van der Waals surface area contributed by atoms with E-state index in [4.69, 9.17) is 4.74 Å². The molecule has 0 aliphatic carbocycles. The molecule has 15 heteroatoms. The van der Waals surface area contributed by atoms with E-state index >= 15 is 0 Å². The van der Waals surface area contributed by atoms with Crippen molar-refractivity contribution in [2.45, 2.75) is 19.2 Å². The molecule has 12 nitrogen and oxygen atoms in total. The molecule has 1 amide bonds. The number of likely N-dealkylation sites (N-methyl/N-ethyl adjacent to an activating group) is 1. The number of nitrogens with one attached hydrogen (secondary N) is 3. The molecule has 4 aromatic rings. The molecule has 3 N–H and O–H groups in total. The maximum atomic E-state index is 13.2. The molecule has 2 aliphatic heterocycles. The minimum Gasteiger partial charge on any atom is -0.368 e.